The maximum atomic E-state index is 12.7. The van der Waals surface area contributed by atoms with Crippen LogP contribution in [0.3, 0.4) is 0 Å². The summed E-state index contributed by atoms with van der Waals surface area (Å²) in [6, 6.07) is 13.4. The summed E-state index contributed by atoms with van der Waals surface area (Å²) in [7, 11) is 0. The summed E-state index contributed by atoms with van der Waals surface area (Å²) >= 11 is 0. The van der Waals surface area contributed by atoms with E-state index >= 15 is 0 Å². The molecule has 3 N–H and O–H groups in total. The number of ether oxygens (including phenoxy) is 1. The first-order chi connectivity index (χ1) is 13.9. The highest BCUT2D eigenvalue weighted by atomic mass is 16.5. The summed E-state index contributed by atoms with van der Waals surface area (Å²) < 4.78 is 5.94. The van der Waals surface area contributed by atoms with Crippen LogP contribution in [0, 0.1) is 0 Å². The number of anilines is 1. The Balaban J connectivity index is 1.45. The Morgan fingerprint density at radius 2 is 1.83 bits per heavy atom. The molecule has 2 aromatic rings. The molecule has 1 aliphatic carbocycles. The fourth-order valence-corrected chi connectivity index (χ4v) is 3.74. The van der Waals surface area contributed by atoms with Gasteiger partial charge in [0.1, 0.15) is 11.3 Å². The van der Waals surface area contributed by atoms with Gasteiger partial charge in [-0.15, -0.1) is 0 Å². The van der Waals surface area contributed by atoms with Gasteiger partial charge < -0.3 is 15.4 Å². The number of rotatable bonds is 5. The highest BCUT2D eigenvalue weighted by Crippen LogP contribution is 2.27. The lowest BCUT2D eigenvalue weighted by molar-refractivity contribution is -0.123. The van der Waals surface area contributed by atoms with Gasteiger partial charge >= 0.3 is 6.03 Å². The number of hydrogen-bond donors (Lipinski definition) is 3. The fourth-order valence-electron chi connectivity index (χ4n) is 3.74. The Morgan fingerprint density at radius 3 is 2.48 bits per heavy atom. The Bertz CT molecular complexity index is 951. The van der Waals surface area contributed by atoms with Crippen LogP contribution in [0.2, 0.25) is 0 Å². The summed E-state index contributed by atoms with van der Waals surface area (Å²) in [6.45, 7) is 1.60. The van der Waals surface area contributed by atoms with Crippen LogP contribution >= 0.6 is 0 Å². The van der Waals surface area contributed by atoms with Crippen LogP contribution in [0.25, 0.3) is 0 Å². The van der Waals surface area contributed by atoms with Crippen LogP contribution in [0.5, 0.6) is 5.75 Å². The van der Waals surface area contributed by atoms with Crippen molar-refractivity contribution in [2.45, 2.75) is 44.2 Å². The molecule has 1 saturated carbocycles. The number of hydrogen-bond acceptors (Lipinski definition) is 4. The predicted octanol–water partition coefficient (Wildman–Crippen LogP) is 3.31. The molecule has 2 aromatic carbocycles. The number of imide groups is 1. The smallest absolute Gasteiger partial charge is 0.322 e. The summed E-state index contributed by atoms with van der Waals surface area (Å²) in [5.74, 6) is 0.0513. The van der Waals surface area contributed by atoms with Crippen LogP contribution in [-0.2, 0) is 10.3 Å². The molecule has 1 saturated heterocycles. The third kappa shape index (κ3) is 3.94. The highest BCUT2D eigenvalue weighted by Gasteiger charge is 2.43. The molecule has 0 radical (unpaired) electrons. The van der Waals surface area contributed by atoms with E-state index in [2.05, 4.69) is 16.0 Å². The van der Waals surface area contributed by atoms with Crippen LogP contribution in [0.4, 0.5) is 10.5 Å². The molecule has 150 valence electrons. The van der Waals surface area contributed by atoms with E-state index in [4.69, 9.17) is 4.74 Å². The molecule has 4 amide bonds. The van der Waals surface area contributed by atoms with Crippen LogP contribution < -0.4 is 20.7 Å². The summed E-state index contributed by atoms with van der Waals surface area (Å²) in [4.78, 5) is 36.3. The number of carbonyl (C=O) groups excluding carboxylic acids is 3. The minimum absolute atomic E-state index is 0.285. The van der Waals surface area contributed by atoms with Gasteiger partial charge in [0.25, 0.3) is 11.8 Å². The zero-order chi connectivity index (χ0) is 20.4. The van der Waals surface area contributed by atoms with Gasteiger partial charge in [0.15, 0.2) is 0 Å². The van der Waals surface area contributed by atoms with Crippen molar-refractivity contribution in [1.29, 1.82) is 0 Å². The molecule has 0 bridgehead atoms. The first-order valence-electron chi connectivity index (χ1n) is 9.76. The van der Waals surface area contributed by atoms with Crippen LogP contribution in [0.15, 0.2) is 48.5 Å². The van der Waals surface area contributed by atoms with E-state index in [9.17, 15) is 14.4 Å². The van der Waals surface area contributed by atoms with Crippen molar-refractivity contribution < 1.29 is 19.1 Å². The van der Waals surface area contributed by atoms with Gasteiger partial charge in [0.05, 0.1) is 6.10 Å². The Hall–Kier alpha value is -3.35. The Morgan fingerprint density at radius 1 is 1.10 bits per heavy atom. The van der Waals surface area contributed by atoms with E-state index in [-0.39, 0.29) is 12.0 Å². The average molecular weight is 393 g/mol. The van der Waals surface area contributed by atoms with Crippen molar-refractivity contribution >= 4 is 23.5 Å². The van der Waals surface area contributed by atoms with Gasteiger partial charge in [-0.2, -0.15) is 0 Å². The fraction of sp³-hybridized carbons (Fsp3) is 0.318. The van der Waals surface area contributed by atoms with Gasteiger partial charge in [-0.25, -0.2) is 4.79 Å². The van der Waals surface area contributed by atoms with Gasteiger partial charge in [0, 0.05) is 11.3 Å². The standard InChI is InChI=1S/C22H23N3O4/c1-22(20(27)24-21(28)25-22)15-6-4-5-14(13-15)19(26)23-16-9-11-18(12-10-16)29-17-7-2-3-8-17/h4-6,9-13,17H,2-3,7-8H2,1H3,(H,23,26)(H2,24,25,27,28)/t22-/m1/s1. The Kier molecular flexibility index (Phi) is 4.96. The normalized spacial score (nSPS) is 21.6. The third-order valence-corrected chi connectivity index (χ3v) is 5.46. The van der Waals surface area contributed by atoms with E-state index in [1.165, 1.54) is 12.8 Å². The molecule has 7 heteroatoms. The lowest BCUT2D eigenvalue weighted by Crippen LogP contribution is -2.40. The highest BCUT2D eigenvalue weighted by molar-refractivity contribution is 6.08. The first-order valence-corrected chi connectivity index (χ1v) is 9.76. The van der Waals surface area contributed by atoms with Gasteiger partial charge in [-0.3, -0.25) is 14.9 Å². The van der Waals surface area contributed by atoms with E-state index in [1.54, 1.807) is 43.3 Å². The van der Waals surface area contributed by atoms with Crippen molar-refractivity contribution in [3.05, 3.63) is 59.7 Å². The van der Waals surface area contributed by atoms with E-state index < -0.39 is 17.5 Å². The number of nitrogens with one attached hydrogen (secondary N) is 3. The Labute approximate surface area is 168 Å². The average Bonchev–Trinajstić information content (AvgIpc) is 3.31. The number of urea groups is 1. The van der Waals surface area contributed by atoms with E-state index in [0.717, 1.165) is 18.6 Å². The predicted molar refractivity (Wildman–Crippen MR) is 108 cm³/mol. The van der Waals surface area contributed by atoms with Crippen LogP contribution in [-0.4, -0.2) is 23.9 Å². The lowest BCUT2D eigenvalue weighted by Gasteiger charge is -2.21. The van der Waals surface area contributed by atoms with Crippen molar-refractivity contribution in [3.8, 4) is 5.75 Å². The van der Waals surface area contributed by atoms with Crippen molar-refractivity contribution in [3.63, 3.8) is 0 Å². The number of benzene rings is 2. The molecule has 1 heterocycles. The van der Waals surface area contributed by atoms with Crippen molar-refractivity contribution in [1.82, 2.24) is 10.6 Å². The SMILES string of the molecule is C[C@]1(c2cccc(C(=O)Nc3ccc(OC4CCCC4)cc3)c2)NC(=O)NC1=O. The zero-order valence-electron chi connectivity index (χ0n) is 16.2. The topological polar surface area (TPSA) is 96.5 Å². The molecule has 0 unspecified atom stereocenters. The summed E-state index contributed by atoms with van der Waals surface area (Å²) in [6.07, 6.45) is 4.89. The lowest BCUT2D eigenvalue weighted by atomic mass is 9.91. The molecule has 2 fully saturated rings. The zero-order valence-corrected chi connectivity index (χ0v) is 16.2. The molecule has 7 nitrogen and oxygen atoms in total. The largest absolute Gasteiger partial charge is 0.490 e. The molecule has 29 heavy (non-hydrogen) atoms. The van der Waals surface area contributed by atoms with Gasteiger partial charge in [0.2, 0.25) is 0 Å². The monoisotopic (exact) mass is 393 g/mol. The minimum atomic E-state index is -1.20. The van der Waals surface area contributed by atoms with Crippen LogP contribution in [0.1, 0.15) is 48.5 Å². The molecule has 1 aliphatic heterocycles. The van der Waals surface area contributed by atoms with Crippen molar-refractivity contribution in [2.24, 2.45) is 0 Å². The van der Waals surface area contributed by atoms with E-state index in [1.807, 2.05) is 12.1 Å². The number of amides is 4. The second kappa shape index (κ2) is 7.58. The first kappa shape index (κ1) is 19.0. The maximum absolute atomic E-state index is 12.7. The molecule has 1 atom stereocenters. The summed E-state index contributed by atoms with van der Waals surface area (Å²) in [5, 5.41) is 7.67. The minimum Gasteiger partial charge on any atom is -0.490 e. The molecule has 4 rings (SSSR count). The van der Waals surface area contributed by atoms with Crippen molar-refractivity contribution in [2.75, 3.05) is 5.32 Å². The second-order valence-electron chi connectivity index (χ2n) is 7.62. The van der Waals surface area contributed by atoms with Gasteiger partial charge in [-0.05, 0) is 74.6 Å². The molecular weight excluding hydrogens is 370 g/mol. The molecule has 0 aromatic heterocycles. The van der Waals surface area contributed by atoms with E-state index in [0.29, 0.717) is 16.8 Å². The molecule has 2 aliphatic rings. The van der Waals surface area contributed by atoms with Gasteiger partial charge in [-0.1, -0.05) is 12.1 Å². The second-order valence-corrected chi connectivity index (χ2v) is 7.62. The third-order valence-electron chi connectivity index (χ3n) is 5.46. The number of carbonyl (C=O) groups is 3. The molecular formula is C22H23N3O4. The quantitative estimate of drug-likeness (QED) is 0.679. The molecule has 0 spiro atoms. The maximum Gasteiger partial charge on any atom is 0.322 e. The summed E-state index contributed by atoms with van der Waals surface area (Å²) in [5.41, 5.74) is 0.377.